The molecule has 7 nitrogen and oxygen atoms in total. The first-order valence-corrected chi connectivity index (χ1v) is 8.33. The Morgan fingerprint density at radius 3 is 2.58 bits per heavy atom. The van der Waals surface area contributed by atoms with E-state index < -0.39 is 10.5 Å². The van der Waals surface area contributed by atoms with Crippen LogP contribution in [0.5, 0.6) is 5.75 Å². The number of phenolic OH excluding ortho intramolecular Hbond substituents is 1. The fourth-order valence-electron chi connectivity index (χ4n) is 2.20. The molecule has 0 aliphatic heterocycles. The van der Waals surface area contributed by atoms with Gasteiger partial charge in [-0.1, -0.05) is 36.4 Å². The molecule has 3 aromatic rings. The molecule has 0 aromatic heterocycles. The lowest BCUT2D eigenvalue weighted by Gasteiger charge is -2.03. The molecule has 0 amide bonds. The fraction of sp³-hybridized carbons (Fsp3) is 0. The van der Waals surface area contributed by atoms with Crippen molar-refractivity contribution in [1.82, 2.24) is 0 Å². The van der Waals surface area contributed by atoms with Gasteiger partial charge in [0, 0.05) is 11.5 Å². The zero-order valence-corrected chi connectivity index (χ0v) is 13.2. The van der Waals surface area contributed by atoms with Crippen molar-refractivity contribution in [2.24, 2.45) is 16.1 Å². The third-order valence-electron chi connectivity index (χ3n) is 3.40. The highest BCUT2D eigenvalue weighted by molar-refractivity contribution is 7.93. The van der Waals surface area contributed by atoms with Crippen molar-refractivity contribution in [1.29, 1.82) is 0 Å². The van der Waals surface area contributed by atoms with E-state index in [1.165, 1.54) is 18.2 Å². The number of hydrogen-bond acceptors (Lipinski definition) is 6. The minimum Gasteiger partial charge on any atom is -0.505 e. The van der Waals surface area contributed by atoms with Crippen LogP contribution >= 0.6 is 0 Å². The lowest BCUT2D eigenvalue weighted by Crippen LogP contribution is -2.17. The van der Waals surface area contributed by atoms with E-state index in [0.717, 1.165) is 5.39 Å². The number of azo groups is 1. The van der Waals surface area contributed by atoms with Crippen molar-refractivity contribution in [3.05, 3.63) is 60.7 Å². The summed E-state index contributed by atoms with van der Waals surface area (Å²) in [7, 11) is -3.76. The quantitative estimate of drug-likeness (QED) is 0.374. The molecule has 0 spiro atoms. The van der Waals surface area contributed by atoms with E-state index in [9.17, 15) is 13.9 Å². The van der Waals surface area contributed by atoms with Gasteiger partial charge in [0.25, 0.3) is 0 Å². The van der Waals surface area contributed by atoms with Gasteiger partial charge in [0.15, 0.2) is 5.75 Å². The number of fused-ring (bicyclic) bond motifs is 1. The molecule has 3 aromatic carbocycles. The minimum atomic E-state index is -3.76. The number of aromatic hydroxyl groups is 1. The Morgan fingerprint density at radius 2 is 1.79 bits per heavy atom. The lowest BCUT2D eigenvalue weighted by atomic mass is 10.1. The van der Waals surface area contributed by atoms with Crippen LogP contribution in [-0.4, -0.2) is 9.66 Å². The van der Waals surface area contributed by atoms with Crippen molar-refractivity contribution in [3.63, 3.8) is 0 Å². The number of benzene rings is 3. The fourth-order valence-corrected chi connectivity index (χ4v) is 2.83. The van der Waals surface area contributed by atoms with Gasteiger partial charge < -0.3 is 5.11 Å². The van der Waals surface area contributed by atoms with Crippen molar-refractivity contribution >= 4 is 32.6 Å². The van der Waals surface area contributed by atoms with E-state index in [0.29, 0.717) is 16.8 Å². The standard InChI is InChI=1S/C16H13N3O4S/c17-23-24(21,22)13-6-3-5-12(10-13)18-19-15-9-8-11-4-1-2-7-14(11)16(15)20/h1-10H,17H2,(H-,18,20,21,22)/p+1. The van der Waals surface area contributed by atoms with E-state index in [1.54, 1.807) is 18.2 Å². The summed E-state index contributed by atoms with van der Waals surface area (Å²) in [5.41, 5.74) is 0.609. The molecule has 0 aliphatic rings. The molecule has 0 fully saturated rings. The Balaban J connectivity index is 1.96. The average Bonchev–Trinajstić information content (AvgIpc) is 2.61. The zero-order valence-electron chi connectivity index (χ0n) is 12.4. The molecule has 8 heteroatoms. The molecular weight excluding hydrogens is 330 g/mol. The first-order chi connectivity index (χ1) is 11.5. The lowest BCUT2D eigenvalue weighted by molar-refractivity contribution is 0.289. The second-order valence-electron chi connectivity index (χ2n) is 4.92. The van der Waals surface area contributed by atoms with Crippen molar-refractivity contribution < 1.29 is 18.2 Å². The predicted octanol–water partition coefficient (Wildman–Crippen LogP) is 4.10. The summed E-state index contributed by atoms with van der Waals surface area (Å²) in [5, 5.41) is 19.8. The molecule has 4 N–H and O–H groups in total. The van der Waals surface area contributed by atoms with Gasteiger partial charge in [0.1, 0.15) is 5.69 Å². The maximum Gasteiger partial charge on any atom is 0.407 e. The minimum absolute atomic E-state index is 0.0178. The number of rotatable bonds is 4. The third-order valence-corrected chi connectivity index (χ3v) is 4.51. The van der Waals surface area contributed by atoms with Gasteiger partial charge in [-0.05, 0) is 32.1 Å². The van der Waals surface area contributed by atoms with Crippen LogP contribution in [0.1, 0.15) is 0 Å². The van der Waals surface area contributed by atoms with Crippen LogP contribution in [0, 0.1) is 0 Å². The summed E-state index contributed by atoms with van der Waals surface area (Å²) in [6.45, 7) is 0. The van der Waals surface area contributed by atoms with E-state index in [-0.39, 0.29) is 10.6 Å². The molecule has 0 aliphatic carbocycles. The smallest absolute Gasteiger partial charge is 0.407 e. The Kier molecular flexibility index (Phi) is 4.36. The van der Waals surface area contributed by atoms with E-state index >= 15 is 0 Å². The van der Waals surface area contributed by atoms with Gasteiger partial charge in [0.05, 0.1) is 5.69 Å². The molecule has 0 saturated carbocycles. The number of nitrogens with two attached hydrogens (primary N) is 1. The monoisotopic (exact) mass is 344 g/mol. The van der Waals surface area contributed by atoms with Crippen molar-refractivity contribution in [2.45, 2.75) is 4.90 Å². The Bertz CT molecular complexity index is 974. The second kappa shape index (κ2) is 6.46. The first kappa shape index (κ1) is 16.2. The van der Waals surface area contributed by atoms with Gasteiger partial charge in [-0.2, -0.15) is 15.6 Å². The highest BCUT2D eigenvalue weighted by Gasteiger charge is 2.30. The summed E-state index contributed by atoms with van der Waals surface area (Å²) < 4.78 is 25.3. The van der Waals surface area contributed by atoms with Gasteiger partial charge in [-0.15, -0.1) is 5.11 Å². The van der Waals surface area contributed by atoms with E-state index in [2.05, 4.69) is 14.5 Å². The van der Waals surface area contributed by atoms with Crippen LogP contribution < -0.4 is 5.90 Å². The summed E-state index contributed by atoms with van der Waals surface area (Å²) >= 11 is 0. The van der Waals surface area contributed by atoms with Crippen LogP contribution in [0.3, 0.4) is 0 Å². The maximum atomic E-state index is 11.7. The Morgan fingerprint density at radius 1 is 1.00 bits per heavy atom. The summed E-state index contributed by atoms with van der Waals surface area (Å²) in [6.07, 6.45) is 0. The molecule has 0 heterocycles. The maximum absolute atomic E-state index is 11.7. The summed E-state index contributed by atoms with van der Waals surface area (Å²) in [4.78, 5) is -0.0239. The van der Waals surface area contributed by atoms with Crippen LogP contribution in [-0.2, 0) is 19.0 Å². The number of phenols is 1. The van der Waals surface area contributed by atoms with Crippen LogP contribution in [0.4, 0.5) is 11.4 Å². The number of nitrogens with zero attached hydrogens (tertiary/aromatic N) is 2. The highest BCUT2D eigenvalue weighted by Crippen LogP contribution is 2.35. The SMILES string of the molecule is NO[S+](=O)(O)c1cccc(N=Nc2ccc3ccccc3c2O)c1. The largest absolute Gasteiger partial charge is 0.505 e. The molecule has 0 bridgehead atoms. The topological polar surface area (TPSA) is 118 Å². The normalized spacial score (nSPS) is 14.1. The molecule has 3 rings (SSSR count). The van der Waals surface area contributed by atoms with Gasteiger partial charge in [-0.3, -0.25) is 0 Å². The highest BCUT2D eigenvalue weighted by atomic mass is 32.3. The summed E-state index contributed by atoms with van der Waals surface area (Å²) in [6, 6.07) is 16.7. The van der Waals surface area contributed by atoms with Crippen LogP contribution in [0.2, 0.25) is 0 Å². The van der Waals surface area contributed by atoms with E-state index in [4.69, 9.17) is 5.90 Å². The Labute approximate surface area is 138 Å². The van der Waals surface area contributed by atoms with Gasteiger partial charge >= 0.3 is 10.5 Å². The first-order valence-electron chi connectivity index (χ1n) is 6.89. The molecule has 122 valence electrons. The van der Waals surface area contributed by atoms with Gasteiger partial charge in [-0.25, -0.2) is 0 Å². The van der Waals surface area contributed by atoms with E-state index in [1.807, 2.05) is 24.3 Å². The van der Waals surface area contributed by atoms with Crippen LogP contribution in [0.15, 0.2) is 75.8 Å². The molecule has 24 heavy (non-hydrogen) atoms. The second-order valence-corrected chi connectivity index (χ2v) is 6.54. The van der Waals surface area contributed by atoms with Crippen LogP contribution in [0.25, 0.3) is 10.8 Å². The Hall–Kier alpha value is -2.65. The third kappa shape index (κ3) is 3.17. The summed E-state index contributed by atoms with van der Waals surface area (Å²) in [5.74, 6) is 4.83. The molecule has 1 atom stereocenters. The molecule has 0 radical (unpaired) electrons. The molecule has 0 saturated heterocycles. The average molecular weight is 344 g/mol. The zero-order chi connectivity index (χ0) is 17.2. The molecule has 1 unspecified atom stereocenters. The van der Waals surface area contributed by atoms with Gasteiger partial charge in [0.2, 0.25) is 4.90 Å². The molecular formula is C16H14N3O4S+. The van der Waals surface area contributed by atoms with Crippen molar-refractivity contribution in [2.75, 3.05) is 0 Å². The number of hydrogen-bond donors (Lipinski definition) is 3. The van der Waals surface area contributed by atoms with Crippen molar-refractivity contribution in [3.8, 4) is 5.75 Å². The predicted molar refractivity (Wildman–Crippen MR) is 90.4 cm³/mol.